The lowest BCUT2D eigenvalue weighted by molar-refractivity contribution is 0.668. The zero-order valence-corrected chi connectivity index (χ0v) is 18.4. The summed E-state index contributed by atoms with van der Waals surface area (Å²) in [5.41, 5.74) is 7.34. The number of hydrogen-bond donors (Lipinski definition) is 0. The highest BCUT2D eigenvalue weighted by atomic mass is 35.5. The van der Waals surface area contributed by atoms with E-state index in [-0.39, 0.29) is 0 Å². The summed E-state index contributed by atoms with van der Waals surface area (Å²) in [5, 5.41) is 5.13. The maximum absolute atomic E-state index is 6.83. The van der Waals surface area contributed by atoms with E-state index in [2.05, 4.69) is 83.4 Å². The van der Waals surface area contributed by atoms with Crippen molar-refractivity contribution in [3.05, 3.63) is 114 Å². The van der Waals surface area contributed by atoms with Gasteiger partial charge in [0.05, 0.1) is 21.7 Å². The second-order valence-corrected chi connectivity index (χ2v) is 8.76. The minimum atomic E-state index is 0.694. The van der Waals surface area contributed by atoms with Crippen LogP contribution in [-0.2, 0) is 0 Å². The van der Waals surface area contributed by atoms with Gasteiger partial charge in [-0.05, 0) is 41.5 Å². The molecule has 0 bridgehead atoms. The highest BCUT2D eigenvalue weighted by Gasteiger charge is 2.17. The zero-order chi connectivity index (χ0) is 21.9. The van der Waals surface area contributed by atoms with Gasteiger partial charge in [-0.25, -0.2) is 0 Å². The third kappa shape index (κ3) is 2.75. The molecule has 0 aliphatic carbocycles. The van der Waals surface area contributed by atoms with Crippen molar-refractivity contribution in [2.45, 2.75) is 0 Å². The molecule has 7 aromatic rings. The third-order valence-electron chi connectivity index (χ3n) is 6.45. The minimum absolute atomic E-state index is 0.694. The van der Waals surface area contributed by atoms with Crippen molar-refractivity contribution in [2.75, 3.05) is 0 Å². The first-order valence-corrected chi connectivity index (χ1v) is 11.4. The third-order valence-corrected chi connectivity index (χ3v) is 6.75. The van der Waals surface area contributed by atoms with Crippen LogP contribution in [-0.4, -0.2) is 4.57 Å². The molecule has 0 N–H and O–H groups in total. The van der Waals surface area contributed by atoms with Crippen molar-refractivity contribution in [3.8, 4) is 16.8 Å². The van der Waals surface area contributed by atoms with E-state index in [1.807, 2.05) is 30.3 Å². The largest absolute Gasteiger partial charge is 0.456 e. The van der Waals surface area contributed by atoms with Crippen LogP contribution in [0.2, 0.25) is 5.02 Å². The lowest BCUT2D eigenvalue weighted by Gasteiger charge is -2.09. The normalized spacial score (nSPS) is 11.8. The van der Waals surface area contributed by atoms with Crippen LogP contribution in [0.3, 0.4) is 0 Å². The molecule has 0 aliphatic heterocycles. The molecule has 2 heterocycles. The first-order chi connectivity index (χ1) is 16.3. The zero-order valence-electron chi connectivity index (χ0n) is 17.6. The van der Waals surface area contributed by atoms with Crippen molar-refractivity contribution in [1.82, 2.24) is 4.57 Å². The van der Waals surface area contributed by atoms with Crippen LogP contribution in [0.15, 0.2) is 114 Å². The number of rotatable bonds is 2. The van der Waals surface area contributed by atoms with Gasteiger partial charge in [-0.2, -0.15) is 0 Å². The highest BCUT2D eigenvalue weighted by Crippen LogP contribution is 2.39. The lowest BCUT2D eigenvalue weighted by Crippen LogP contribution is -1.94. The van der Waals surface area contributed by atoms with Gasteiger partial charge in [-0.1, -0.05) is 84.4 Å². The molecule has 5 aromatic carbocycles. The molecule has 0 unspecified atom stereocenters. The topological polar surface area (TPSA) is 18.1 Å². The summed E-state index contributed by atoms with van der Waals surface area (Å²) in [6.07, 6.45) is 0. The smallest absolute Gasteiger partial charge is 0.139 e. The number of hydrogen-bond acceptors (Lipinski definition) is 1. The summed E-state index contributed by atoms with van der Waals surface area (Å²) in [6, 6.07) is 37.9. The average Bonchev–Trinajstić information content (AvgIpc) is 3.40. The predicted molar refractivity (Wildman–Crippen MR) is 139 cm³/mol. The van der Waals surface area contributed by atoms with E-state index in [1.165, 1.54) is 21.9 Å². The maximum Gasteiger partial charge on any atom is 0.139 e. The monoisotopic (exact) mass is 443 g/mol. The Morgan fingerprint density at radius 3 is 2.15 bits per heavy atom. The number of para-hydroxylation sites is 2. The fourth-order valence-electron chi connectivity index (χ4n) is 4.98. The molecule has 0 saturated carbocycles. The molecule has 2 nitrogen and oxygen atoms in total. The average molecular weight is 444 g/mol. The molecule has 7 rings (SSSR count). The van der Waals surface area contributed by atoms with E-state index in [0.29, 0.717) is 5.02 Å². The standard InChI is InChI=1S/C30H18ClNO/c31-25-17-21(18-29-30(25)23-11-5-7-13-28(23)33-29)32-26-12-6-4-10-22(26)24-16-20(14-15-27(24)32)19-8-2-1-3-9-19/h1-18H. The minimum Gasteiger partial charge on any atom is -0.456 e. The van der Waals surface area contributed by atoms with Crippen molar-refractivity contribution in [2.24, 2.45) is 0 Å². The molecule has 156 valence electrons. The van der Waals surface area contributed by atoms with Crippen LogP contribution < -0.4 is 0 Å². The Labute approximate surface area is 195 Å². The Balaban J connectivity index is 1.54. The van der Waals surface area contributed by atoms with Gasteiger partial charge >= 0.3 is 0 Å². The second kappa shape index (κ2) is 6.99. The van der Waals surface area contributed by atoms with Crippen molar-refractivity contribution in [1.29, 1.82) is 0 Å². The fourth-order valence-corrected chi connectivity index (χ4v) is 5.29. The van der Waals surface area contributed by atoms with E-state index in [9.17, 15) is 0 Å². The molecule has 0 radical (unpaired) electrons. The van der Waals surface area contributed by atoms with Crippen LogP contribution in [0.25, 0.3) is 60.6 Å². The van der Waals surface area contributed by atoms with Crippen molar-refractivity contribution < 1.29 is 4.42 Å². The van der Waals surface area contributed by atoms with Crippen molar-refractivity contribution in [3.63, 3.8) is 0 Å². The summed E-state index contributed by atoms with van der Waals surface area (Å²) in [4.78, 5) is 0. The number of furan rings is 1. The molecule has 0 amide bonds. The summed E-state index contributed by atoms with van der Waals surface area (Å²) < 4.78 is 8.45. The molecule has 33 heavy (non-hydrogen) atoms. The number of benzene rings is 5. The lowest BCUT2D eigenvalue weighted by atomic mass is 10.0. The van der Waals surface area contributed by atoms with E-state index < -0.39 is 0 Å². The van der Waals surface area contributed by atoms with Crippen LogP contribution in [0.1, 0.15) is 0 Å². The van der Waals surface area contributed by atoms with Crippen LogP contribution >= 0.6 is 11.6 Å². The quantitative estimate of drug-likeness (QED) is 0.260. The Kier molecular flexibility index (Phi) is 3.93. The fraction of sp³-hybridized carbons (Fsp3) is 0. The van der Waals surface area contributed by atoms with Crippen LogP contribution in [0.5, 0.6) is 0 Å². The Bertz CT molecular complexity index is 1830. The SMILES string of the molecule is Clc1cc(-n2c3ccccc3c3cc(-c4ccccc4)ccc32)cc2oc3ccccc3c12. The number of aromatic nitrogens is 1. The van der Waals surface area contributed by atoms with E-state index in [1.54, 1.807) is 0 Å². The Morgan fingerprint density at radius 2 is 1.27 bits per heavy atom. The van der Waals surface area contributed by atoms with Crippen molar-refractivity contribution >= 4 is 55.3 Å². The van der Waals surface area contributed by atoms with Gasteiger partial charge in [0, 0.05) is 27.6 Å². The maximum atomic E-state index is 6.83. The van der Waals surface area contributed by atoms with E-state index in [4.69, 9.17) is 16.0 Å². The highest BCUT2D eigenvalue weighted by molar-refractivity contribution is 6.38. The van der Waals surface area contributed by atoms with Crippen LogP contribution in [0, 0.1) is 0 Å². The predicted octanol–water partition coefficient (Wildman–Crippen LogP) is 9.00. The molecule has 3 heteroatoms. The first-order valence-electron chi connectivity index (χ1n) is 11.0. The van der Waals surface area contributed by atoms with Gasteiger partial charge in [0.1, 0.15) is 11.2 Å². The van der Waals surface area contributed by atoms with Gasteiger partial charge in [-0.3, -0.25) is 0 Å². The molecule has 0 aliphatic rings. The molecule has 0 atom stereocenters. The number of nitrogens with zero attached hydrogens (tertiary/aromatic N) is 1. The summed E-state index contributed by atoms with van der Waals surface area (Å²) in [7, 11) is 0. The van der Waals surface area contributed by atoms with Gasteiger partial charge in [0.2, 0.25) is 0 Å². The molecule has 0 spiro atoms. The van der Waals surface area contributed by atoms with Gasteiger partial charge in [-0.15, -0.1) is 0 Å². The van der Waals surface area contributed by atoms with Gasteiger partial charge in [0.25, 0.3) is 0 Å². The second-order valence-electron chi connectivity index (χ2n) is 8.35. The molecule has 2 aromatic heterocycles. The Morgan fingerprint density at radius 1 is 0.545 bits per heavy atom. The molecule has 0 saturated heterocycles. The first kappa shape index (κ1) is 18.6. The summed E-state index contributed by atoms with van der Waals surface area (Å²) in [6.45, 7) is 0. The molecular weight excluding hydrogens is 426 g/mol. The van der Waals surface area contributed by atoms with Gasteiger partial charge < -0.3 is 8.98 Å². The van der Waals surface area contributed by atoms with Gasteiger partial charge in [0.15, 0.2) is 0 Å². The molecular formula is C30H18ClNO. The molecule has 0 fully saturated rings. The van der Waals surface area contributed by atoms with Crippen LogP contribution in [0.4, 0.5) is 0 Å². The Hall–Kier alpha value is -4.01. The number of fused-ring (bicyclic) bond motifs is 6. The van der Waals surface area contributed by atoms with E-state index in [0.717, 1.165) is 38.7 Å². The summed E-state index contributed by atoms with van der Waals surface area (Å²) in [5.74, 6) is 0. The number of halogens is 1. The summed E-state index contributed by atoms with van der Waals surface area (Å²) >= 11 is 6.83. The van der Waals surface area contributed by atoms with E-state index >= 15 is 0 Å².